The molecule has 3 aromatic rings. The average Bonchev–Trinajstić information content (AvgIpc) is 3.42. The van der Waals surface area contributed by atoms with Gasteiger partial charge in [-0.15, -0.1) is 0 Å². The topological polar surface area (TPSA) is 106 Å². The van der Waals surface area contributed by atoms with Crippen molar-refractivity contribution in [3.8, 4) is 11.3 Å². The molecule has 2 N–H and O–H groups in total. The maximum atomic E-state index is 12.4. The van der Waals surface area contributed by atoms with E-state index in [9.17, 15) is 9.59 Å². The van der Waals surface area contributed by atoms with Crippen LogP contribution in [0.5, 0.6) is 0 Å². The number of hydrogen-bond donors (Lipinski definition) is 2. The molecule has 0 radical (unpaired) electrons. The lowest BCUT2D eigenvalue weighted by atomic mass is 10.2. The average molecular weight is 378 g/mol. The van der Waals surface area contributed by atoms with Gasteiger partial charge in [-0.2, -0.15) is 0 Å². The Morgan fingerprint density at radius 2 is 1.86 bits per heavy atom. The van der Waals surface area contributed by atoms with Crippen molar-refractivity contribution in [2.24, 2.45) is 0 Å². The number of nitrogens with one attached hydrogen (secondary N) is 2. The normalized spacial score (nSPS) is 15.9. The van der Waals surface area contributed by atoms with Crippen molar-refractivity contribution < 1.29 is 18.8 Å². The summed E-state index contributed by atoms with van der Waals surface area (Å²) in [5.41, 5.74) is 2.11. The first-order valence-corrected chi connectivity index (χ1v) is 8.90. The summed E-state index contributed by atoms with van der Waals surface area (Å²) in [4.78, 5) is 28.4. The standard InChI is InChI=1S/C20H18N4O4/c25-19(16-11-18(28-24-16)13-3-1-9-21-12-13)22-14-5-7-15(8-6-14)23-20(26)17-4-2-10-27-17/h1,3,5-9,11-12,17H,2,4,10H2,(H,22,25)(H,23,26). The number of pyridine rings is 1. The zero-order valence-electron chi connectivity index (χ0n) is 14.9. The molecule has 0 bridgehead atoms. The summed E-state index contributed by atoms with van der Waals surface area (Å²) in [6, 6.07) is 12.0. The third-order valence-corrected chi connectivity index (χ3v) is 4.32. The Labute approximate surface area is 160 Å². The van der Waals surface area contributed by atoms with Crippen LogP contribution in [0.3, 0.4) is 0 Å². The molecule has 1 saturated heterocycles. The second-order valence-corrected chi connectivity index (χ2v) is 6.34. The predicted molar refractivity (Wildman–Crippen MR) is 102 cm³/mol. The lowest BCUT2D eigenvalue weighted by Crippen LogP contribution is -2.26. The van der Waals surface area contributed by atoms with Gasteiger partial charge in [0.05, 0.1) is 0 Å². The van der Waals surface area contributed by atoms with Crippen molar-refractivity contribution in [1.29, 1.82) is 0 Å². The number of nitrogens with zero attached hydrogens (tertiary/aromatic N) is 2. The molecule has 1 aliphatic rings. The molecule has 2 aromatic heterocycles. The molecule has 1 aliphatic heterocycles. The fourth-order valence-corrected chi connectivity index (χ4v) is 2.87. The number of ether oxygens (including phenoxy) is 1. The second-order valence-electron chi connectivity index (χ2n) is 6.34. The first-order chi connectivity index (χ1) is 13.7. The number of carbonyl (C=O) groups excluding carboxylic acids is 2. The van der Waals surface area contributed by atoms with Gasteiger partial charge in [0.2, 0.25) is 0 Å². The highest BCUT2D eigenvalue weighted by Gasteiger charge is 2.23. The molecule has 1 aromatic carbocycles. The van der Waals surface area contributed by atoms with E-state index in [1.165, 1.54) is 0 Å². The van der Waals surface area contributed by atoms with Gasteiger partial charge in [-0.05, 0) is 49.2 Å². The van der Waals surface area contributed by atoms with Gasteiger partial charge in [0.1, 0.15) is 6.10 Å². The molecule has 0 spiro atoms. The van der Waals surface area contributed by atoms with Crippen LogP contribution in [0.2, 0.25) is 0 Å². The van der Waals surface area contributed by atoms with Crippen molar-refractivity contribution in [3.63, 3.8) is 0 Å². The van der Waals surface area contributed by atoms with Gasteiger partial charge in [-0.25, -0.2) is 0 Å². The van der Waals surface area contributed by atoms with E-state index in [1.54, 1.807) is 48.8 Å². The van der Waals surface area contributed by atoms with Crippen molar-refractivity contribution >= 4 is 23.2 Å². The van der Waals surface area contributed by atoms with Gasteiger partial charge in [0, 0.05) is 42.0 Å². The van der Waals surface area contributed by atoms with Crippen molar-refractivity contribution in [3.05, 3.63) is 60.6 Å². The molecular formula is C20H18N4O4. The van der Waals surface area contributed by atoms with E-state index in [-0.39, 0.29) is 17.7 Å². The van der Waals surface area contributed by atoms with E-state index < -0.39 is 5.91 Å². The lowest BCUT2D eigenvalue weighted by molar-refractivity contribution is -0.124. The molecule has 2 amide bonds. The Balaban J connectivity index is 1.37. The monoisotopic (exact) mass is 378 g/mol. The van der Waals surface area contributed by atoms with Crippen LogP contribution in [0.15, 0.2) is 59.4 Å². The summed E-state index contributed by atoms with van der Waals surface area (Å²) in [5.74, 6) is -0.0831. The van der Waals surface area contributed by atoms with Gasteiger partial charge in [0.25, 0.3) is 11.8 Å². The van der Waals surface area contributed by atoms with Gasteiger partial charge in [-0.3, -0.25) is 14.6 Å². The van der Waals surface area contributed by atoms with E-state index >= 15 is 0 Å². The summed E-state index contributed by atoms with van der Waals surface area (Å²) < 4.78 is 10.6. The zero-order valence-corrected chi connectivity index (χ0v) is 14.9. The van der Waals surface area contributed by atoms with Crippen molar-refractivity contribution in [1.82, 2.24) is 10.1 Å². The third kappa shape index (κ3) is 4.07. The van der Waals surface area contributed by atoms with Crippen molar-refractivity contribution in [2.75, 3.05) is 17.2 Å². The maximum absolute atomic E-state index is 12.4. The number of anilines is 2. The molecule has 8 nitrogen and oxygen atoms in total. The molecule has 1 unspecified atom stereocenters. The van der Waals surface area contributed by atoms with Crippen LogP contribution in [-0.2, 0) is 9.53 Å². The Bertz CT molecular complexity index is 963. The summed E-state index contributed by atoms with van der Waals surface area (Å²) >= 11 is 0. The fourth-order valence-electron chi connectivity index (χ4n) is 2.87. The first kappa shape index (κ1) is 17.9. The Kier molecular flexibility index (Phi) is 5.11. The number of aromatic nitrogens is 2. The molecule has 3 heterocycles. The minimum atomic E-state index is -0.393. The van der Waals surface area contributed by atoms with Gasteiger partial charge >= 0.3 is 0 Å². The van der Waals surface area contributed by atoms with E-state index in [0.717, 1.165) is 18.4 Å². The van der Waals surface area contributed by atoms with Crippen LogP contribution >= 0.6 is 0 Å². The smallest absolute Gasteiger partial charge is 0.277 e. The zero-order chi connectivity index (χ0) is 19.3. The summed E-state index contributed by atoms with van der Waals surface area (Å²) in [5, 5.41) is 9.36. The molecule has 1 atom stereocenters. The quantitative estimate of drug-likeness (QED) is 0.707. The summed E-state index contributed by atoms with van der Waals surface area (Å²) in [6.07, 6.45) is 4.53. The molecule has 1 fully saturated rings. The minimum Gasteiger partial charge on any atom is -0.368 e. The molecule has 8 heteroatoms. The highest BCUT2D eigenvalue weighted by Crippen LogP contribution is 2.21. The van der Waals surface area contributed by atoms with E-state index in [4.69, 9.17) is 9.26 Å². The van der Waals surface area contributed by atoms with Crippen LogP contribution in [0, 0.1) is 0 Å². The van der Waals surface area contributed by atoms with E-state index in [2.05, 4.69) is 20.8 Å². The SMILES string of the molecule is O=C(Nc1ccc(NC(=O)C2CCCO2)cc1)c1cc(-c2cccnc2)on1. The Morgan fingerprint density at radius 1 is 1.07 bits per heavy atom. The number of hydrogen-bond acceptors (Lipinski definition) is 6. The van der Waals surface area contributed by atoms with Gasteiger partial charge in [-0.1, -0.05) is 5.16 Å². The van der Waals surface area contributed by atoms with E-state index in [0.29, 0.717) is 23.7 Å². The highest BCUT2D eigenvalue weighted by atomic mass is 16.5. The van der Waals surface area contributed by atoms with Gasteiger partial charge < -0.3 is 19.9 Å². The molecule has 0 aliphatic carbocycles. The van der Waals surface area contributed by atoms with Crippen LogP contribution in [0.4, 0.5) is 11.4 Å². The fraction of sp³-hybridized carbons (Fsp3) is 0.200. The molecular weight excluding hydrogens is 360 g/mol. The Hall–Kier alpha value is -3.52. The minimum absolute atomic E-state index is 0.153. The van der Waals surface area contributed by atoms with Crippen molar-refractivity contribution in [2.45, 2.75) is 18.9 Å². The summed E-state index contributed by atoms with van der Waals surface area (Å²) in [6.45, 7) is 0.619. The number of rotatable bonds is 5. The van der Waals surface area contributed by atoms with Crippen LogP contribution in [0.25, 0.3) is 11.3 Å². The first-order valence-electron chi connectivity index (χ1n) is 8.90. The molecule has 142 valence electrons. The molecule has 28 heavy (non-hydrogen) atoms. The van der Waals surface area contributed by atoms with Gasteiger partial charge in [0.15, 0.2) is 11.5 Å². The highest BCUT2D eigenvalue weighted by molar-refractivity contribution is 6.03. The number of carbonyl (C=O) groups is 2. The predicted octanol–water partition coefficient (Wildman–Crippen LogP) is 3.11. The lowest BCUT2D eigenvalue weighted by Gasteiger charge is -2.11. The molecule has 0 saturated carbocycles. The maximum Gasteiger partial charge on any atom is 0.277 e. The Morgan fingerprint density at radius 3 is 2.54 bits per heavy atom. The second kappa shape index (κ2) is 8.01. The van der Waals surface area contributed by atoms with Crippen LogP contribution in [-0.4, -0.2) is 34.7 Å². The number of amides is 2. The van der Waals surface area contributed by atoms with Crippen LogP contribution < -0.4 is 10.6 Å². The number of benzene rings is 1. The van der Waals surface area contributed by atoms with E-state index in [1.807, 2.05) is 6.07 Å². The molecule has 4 rings (SSSR count). The van der Waals surface area contributed by atoms with Crippen LogP contribution in [0.1, 0.15) is 23.3 Å². The third-order valence-electron chi connectivity index (χ3n) is 4.32. The summed E-state index contributed by atoms with van der Waals surface area (Å²) in [7, 11) is 0. The largest absolute Gasteiger partial charge is 0.368 e.